The first-order valence-corrected chi connectivity index (χ1v) is 11.3. The Hall–Kier alpha value is -2.50. The molecule has 4 rings (SSSR count). The van der Waals surface area contributed by atoms with E-state index in [2.05, 4.69) is 54.3 Å². The molecular formula is C24H22N2OS2. The molecule has 0 atom stereocenters. The third-order valence-electron chi connectivity index (χ3n) is 5.18. The SMILES string of the molecule is Cc1ccc(-c2csc3ncnc(SCC(=O)c4ccc(C)c(C)c4)c23)c(C)c1. The van der Waals surface area contributed by atoms with Gasteiger partial charge in [0.1, 0.15) is 16.2 Å². The van der Waals surface area contributed by atoms with Crippen molar-refractivity contribution >= 4 is 39.1 Å². The molecule has 4 aromatic rings. The number of thiophene rings is 1. The van der Waals surface area contributed by atoms with Crippen LogP contribution >= 0.6 is 23.1 Å². The van der Waals surface area contributed by atoms with Crippen LogP contribution < -0.4 is 0 Å². The number of nitrogens with zero attached hydrogens (tertiary/aromatic N) is 2. The van der Waals surface area contributed by atoms with Crippen LogP contribution in [0, 0.1) is 27.7 Å². The van der Waals surface area contributed by atoms with E-state index in [4.69, 9.17) is 0 Å². The second-order valence-corrected chi connectivity index (χ2v) is 9.16. The standard InChI is InChI=1S/C24H22N2OS2/c1-14-5-8-19(17(4)9-14)20-11-28-23-22(20)24(26-13-25-23)29-12-21(27)18-7-6-15(2)16(3)10-18/h5-11,13H,12H2,1-4H3. The smallest absolute Gasteiger partial charge is 0.173 e. The summed E-state index contributed by atoms with van der Waals surface area (Å²) >= 11 is 3.11. The lowest BCUT2D eigenvalue weighted by Gasteiger charge is -2.09. The number of hydrogen-bond acceptors (Lipinski definition) is 5. The van der Waals surface area contributed by atoms with E-state index in [0.717, 1.165) is 31.9 Å². The second-order valence-electron chi connectivity index (χ2n) is 7.34. The van der Waals surface area contributed by atoms with Crippen LogP contribution in [0.1, 0.15) is 32.6 Å². The van der Waals surface area contributed by atoms with Gasteiger partial charge in [0.15, 0.2) is 5.78 Å². The molecule has 0 amide bonds. The number of ketones is 1. The average molecular weight is 419 g/mol. The summed E-state index contributed by atoms with van der Waals surface area (Å²) in [5.74, 6) is 0.477. The van der Waals surface area contributed by atoms with Crippen LogP contribution in [0.15, 0.2) is 53.1 Å². The first kappa shape index (κ1) is 19.8. The number of hydrogen-bond donors (Lipinski definition) is 0. The molecule has 5 heteroatoms. The van der Waals surface area contributed by atoms with E-state index in [9.17, 15) is 4.79 Å². The number of aryl methyl sites for hydroxylation is 4. The molecule has 0 aliphatic carbocycles. The van der Waals surface area contributed by atoms with Gasteiger partial charge in [-0.1, -0.05) is 47.7 Å². The molecule has 0 unspecified atom stereocenters. The van der Waals surface area contributed by atoms with Gasteiger partial charge in [0.25, 0.3) is 0 Å². The molecule has 2 aromatic carbocycles. The Morgan fingerprint density at radius 3 is 2.52 bits per heavy atom. The van der Waals surface area contributed by atoms with Crippen molar-refractivity contribution < 1.29 is 4.79 Å². The number of carbonyl (C=O) groups is 1. The fourth-order valence-corrected chi connectivity index (χ4v) is 5.28. The van der Waals surface area contributed by atoms with Gasteiger partial charge in [0.2, 0.25) is 0 Å². The summed E-state index contributed by atoms with van der Waals surface area (Å²) in [6.07, 6.45) is 1.59. The van der Waals surface area contributed by atoms with Crippen molar-refractivity contribution in [2.45, 2.75) is 32.7 Å². The molecule has 2 heterocycles. The molecule has 0 aliphatic rings. The van der Waals surface area contributed by atoms with E-state index >= 15 is 0 Å². The largest absolute Gasteiger partial charge is 0.293 e. The topological polar surface area (TPSA) is 42.9 Å². The number of fused-ring (bicyclic) bond motifs is 1. The fraction of sp³-hybridized carbons (Fsp3) is 0.208. The van der Waals surface area contributed by atoms with Crippen LogP contribution in [0.25, 0.3) is 21.3 Å². The summed E-state index contributed by atoms with van der Waals surface area (Å²) in [4.78, 5) is 22.7. The maximum Gasteiger partial charge on any atom is 0.173 e. The Morgan fingerprint density at radius 2 is 1.76 bits per heavy atom. The van der Waals surface area contributed by atoms with Gasteiger partial charge in [-0.05, 0) is 56.0 Å². The zero-order chi connectivity index (χ0) is 20.5. The highest BCUT2D eigenvalue weighted by molar-refractivity contribution is 8.00. The molecule has 146 valence electrons. The lowest BCUT2D eigenvalue weighted by molar-refractivity contribution is 0.102. The van der Waals surface area contributed by atoms with Crippen molar-refractivity contribution in [1.82, 2.24) is 9.97 Å². The van der Waals surface area contributed by atoms with Gasteiger partial charge in [0, 0.05) is 16.5 Å². The van der Waals surface area contributed by atoms with Crippen molar-refractivity contribution in [2.24, 2.45) is 0 Å². The van der Waals surface area contributed by atoms with Crippen LogP contribution in [0.4, 0.5) is 0 Å². The lowest BCUT2D eigenvalue weighted by Crippen LogP contribution is -2.03. The Bertz CT molecular complexity index is 1230. The van der Waals surface area contributed by atoms with E-state index in [0.29, 0.717) is 5.75 Å². The van der Waals surface area contributed by atoms with Crippen LogP contribution in [-0.2, 0) is 0 Å². The highest BCUT2D eigenvalue weighted by Gasteiger charge is 2.16. The second kappa shape index (κ2) is 8.09. The third-order valence-corrected chi connectivity index (χ3v) is 7.05. The molecule has 0 radical (unpaired) electrons. The average Bonchev–Trinajstić information content (AvgIpc) is 3.13. The van der Waals surface area contributed by atoms with Crippen molar-refractivity contribution in [3.63, 3.8) is 0 Å². The number of Topliss-reactive ketones (excluding diaryl/α,β-unsaturated/α-hetero) is 1. The van der Waals surface area contributed by atoms with Gasteiger partial charge in [0.05, 0.1) is 11.1 Å². The van der Waals surface area contributed by atoms with Crippen molar-refractivity contribution in [1.29, 1.82) is 0 Å². The molecule has 3 nitrogen and oxygen atoms in total. The molecular weight excluding hydrogens is 396 g/mol. The number of rotatable bonds is 5. The van der Waals surface area contributed by atoms with Crippen LogP contribution in [0.5, 0.6) is 0 Å². The first-order valence-electron chi connectivity index (χ1n) is 9.47. The van der Waals surface area contributed by atoms with Crippen LogP contribution in [0.2, 0.25) is 0 Å². The van der Waals surface area contributed by atoms with Crippen LogP contribution in [-0.4, -0.2) is 21.5 Å². The molecule has 0 spiro atoms. The minimum atomic E-state index is 0.119. The van der Waals surface area contributed by atoms with Crippen molar-refractivity contribution in [3.8, 4) is 11.1 Å². The summed E-state index contributed by atoms with van der Waals surface area (Å²) in [7, 11) is 0. The summed E-state index contributed by atoms with van der Waals surface area (Å²) < 4.78 is 0. The number of aromatic nitrogens is 2. The predicted molar refractivity (Wildman–Crippen MR) is 123 cm³/mol. The van der Waals surface area contributed by atoms with Gasteiger partial charge in [-0.15, -0.1) is 11.3 Å². The summed E-state index contributed by atoms with van der Waals surface area (Å²) in [6.45, 7) is 8.33. The molecule has 29 heavy (non-hydrogen) atoms. The van der Waals surface area contributed by atoms with Gasteiger partial charge in [-0.25, -0.2) is 9.97 Å². The summed E-state index contributed by atoms with van der Waals surface area (Å²) in [5.41, 5.74) is 7.91. The van der Waals surface area contributed by atoms with E-state index < -0.39 is 0 Å². The Kier molecular flexibility index (Phi) is 5.52. The zero-order valence-corrected chi connectivity index (χ0v) is 18.6. The minimum absolute atomic E-state index is 0.119. The minimum Gasteiger partial charge on any atom is -0.293 e. The third kappa shape index (κ3) is 3.98. The molecule has 2 aromatic heterocycles. The monoisotopic (exact) mass is 418 g/mol. The molecule has 0 saturated carbocycles. The normalized spacial score (nSPS) is 11.2. The fourth-order valence-electron chi connectivity index (χ4n) is 3.40. The highest BCUT2D eigenvalue weighted by atomic mass is 32.2. The van der Waals surface area contributed by atoms with E-state index in [1.165, 1.54) is 34.0 Å². The molecule has 0 N–H and O–H groups in total. The zero-order valence-electron chi connectivity index (χ0n) is 16.9. The quantitative estimate of drug-likeness (QED) is 0.209. The molecule has 0 bridgehead atoms. The molecule has 0 fully saturated rings. The lowest BCUT2D eigenvalue weighted by atomic mass is 9.99. The maximum absolute atomic E-state index is 12.7. The van der Waals surface area contributed by atoms with E-state index in [-0.39, 0.29) is 5.78 Å². The molecule has 0 aliphatic heterocycles. The Morgan fingerprint density at radius 1 is 0.931 bits per heavy atom. The van der Waals surface area contributed by atoms with Gasteiger partial charge >= 0.3 is 0 Å². The highest BCUT2D eigenvalue weighted by Crippen LogP contribution is 2.39. The first-order chi connectivity index (χ1) is 13.9. The number of carbonyl (C=O) groups excluding carboxylic acids is 1. The summed E-state index contributed by atoms with van der Waals surface area (Å²) in [6, 6.07) is 12.4. The Labute approximate surface area is 179 Å². The van der Waals surface area contributed by atoms with Gasteiger partial charge in [-0.2, -0.15) is 0 Å². The van der Waals surface area contributed by atoms with E-state index in [1.54, 1.807) is 17.7 Å². The van der Waals surface area contributed by atoms with Crippen molar-refractivity contribution in [2.75, 3.05) is 5.75 Å². The summed E-state index contributed by atoms with van der Waals surface area (Å²) in [5, 5.41) is 4.05. The molecule has 0 saturated heterocycles. The number of thioether (sulfide) groups is 1. The van der Waals surface area contributed by atoms with Crippen LogP contribution in [0.3, 0.4) is 0 Å². The number of benzene rings is 2. The van der Waals surface area contributed by atoms with Gasteiger partial charge in [-0.3, -0.25) is 4.79 Å². The predicted octanol–water partition coefficient (Wildman–Crippen LogP) is 6.57. The maximum atomic E-state index is 12.7. The Balaban J connectivity index is 1.66. The van der Waals surface area contributed by atoms with E-state index in [1.807, 2.05) is 25.1 Å². The van der Waals surface area contributed by atoms with Crippen molar-refractivity contribution in [3.05, 3.63) is 75.9 Å². The van der Waals surface area contributed by atoms with Gasteiger partial charge < -0.3 is 0 Å².